The van der Waals surface area contributed by atoms with Crippen LogP contribution in [-0.4, -0.2) is 49.6 Å². The molecule has 4 rings (SSSR count). The predicted octanol–water partition coefficient (Wildman–Crippen LogP) is 0.311. The lowest BCUT2D eigenvalue weighted by atomic mass is 10.0. The number of hydrogen-bond acceptors (Lipinski definition) is 7. The van der Waals surface area contributed by atoms with Gasteiger partial charge in [0.25, 0.3) is 11.8 Å². The lowest BCUT2D eigenvalue weighted by Crippen LogP contribution is -2.54. The number of anilines is 1. The number of hydrogen-bond donors (Lipinski definition) is 2. The quantitative estimate of drug-likeness (QED) is 0.713. The maximum Gasteiger partial charge on any atom is 0.264 e. The van der Waals surface area contributed by atoms with Crippen molar-refractivity contribution in [3.63, 3.8) is 0 Å². The molecule has 0 aliphatic carbocycles. The van der Waals surface area contributed by atoms with Crippen molar-refractivity contribution in [2.75, 3.05) is 5.32 Å². The molecular formula is C18H18N6O4. The first-order chi connectivity index (χ1) is 13.5. The Kier molecular flexibility index (Phi) is 4.38. The standard InChI is InChI=1S/C18H18N6O4/c1-2-23-9-10(21-22-23)8-19-12-5-3-4-11-15(12)18(28)24(17(11)27)13-6-7-14(25)20-16(13)26/h3-5,9,13,19H,2,6-8H2,1H3,(H,20,25,26). The van der Waals surface area contributed by atoms with Gasteiger partial charge < -0.3 is 5.32 Å². The molecule has 2 N–H and O–H groups in total. The van der Waals surface area contributed by atoms with Crippen molar-refractivity contribution in [2.45, 2.75) is 38.9 Å². The number of rotatable bonds is 5. The molecule has 1 atom stereocenters. The molecule has 2 aromatic rings. The Morgan fingerprint density at radius 1 is 1.21 bits per heavy atom. The van der Waals surface area contributed by atoms with E-state index in [1.807, 2.05) is 6.92 Å². The van der Waals surface area contributed by atoms with Crippen LogP contribution >= 0.6 is 0 Å². The largest absolute Gasteiger partial charge is 0.379 e. The monoisotopic (exact) mass is 382 g/mol. The Morgan fingerprint density at radius 3 is 2.75 bits per heavy atom. The summed E-state index contributed by atoms with van der Waals surface area (Å²) < 4.78 is 1.69. The van der Waals surface area contributed by atoms with E-state index in [1.165, 1.54) is 0 Å². The van der Waals surface area contributed by atoms with Gasteiger partial charge in [-0.3, -0.25) is 34.1 Å². The molecule has 28 heavy (non-hydrogen) atoms. The van der Waals surface area contributed by atoms with Gasteiger partial charge in [0, 0.05) is 18.7 Å². The molecule has 10 heteroatoms. The number of piperidine rings is 1. The number of imide groups is 2. The van der Waals surface area contributed by atoms with Crippen molar-refractivity contribution in [3.05, 3.63) is 41.2 Å². The number of benzene rings is 1. The van der Waals surface area contributed by atoms with Crippen LogP contribution in [0.4, 0.5) is 5.69 Å². The molecule has 1 aromatic carbocycles. The number of carbonyl (C=O) groups excluding carboxylic acids is 4. The van der Waals surface area contributed by atoms with Gasteiger partial charge in [-0.25, -0.2) is 0 Å². The molecule has 2 aliphatic rings. The van der Waals surface area contributed by atoms with Gasteiger partial charge in [0.2, 0.25) is 11.8 Å². The van der Waals surface area contributed by atoms with E-state index in [2.05, 4.69) is 20.9 Å². The molecule has 2 aliphatic heterocycles. The molecule has 1 saturated heterocycles. The Hall–Kier alpha value is -3.56. The smallest absolute Gasteiger partial charge is 0.264 e. The van der Waals surface area contributed by atoms with Crippen LogP contribution in [0.5, 0.6) is 0 Å². The lowest BCUT2D eigenvalue weighted by Gasteiger charge is -2.27. The maximum absolute atomic E-state index is 13.0. The van der Waals surface area contributed by atoms with Crippen LogP contribution in [0, 0.1) is 0 Å². The second-order valence-electron chi connectivity index (χ2n) is 6.59. The summed E-state index contributed by atoms with van der Waals surface area (Å²) in [7, 11) is 0. The third-order valence-electron chi connectivity index (χ3n) is 4.84. The molecule has 0 bridgehead atoms. The van der Waals surface area contributed by atoms with Crippen LogP contribution in [-0.2, 0) is 22.7 Å². The van der Waals surface area contributed by atoms with E-state index in [0.717, 1.165) is 4.90 Å². The van der Waals surface area contributed by atoms with Crippen LogP contribution in [0.3, 0.4) is 0 Å². The number of nitrogens with zero attached hydrogens (tertiary/aromatic N) is 4. The van der Waals surface area contributed by atoms with Gasteiger partial charge in [0.15, 0.2) is 0 Å². The van der Waals surface area contributed by atoms with E-state index >= 15 is 0 Å². The zero-order valence-electron chi connectivity index (χ0n) is 15.1. The molecule has 0 spiro atoms. The number of aryl methyl sites for hydroxylation is 1. The fourth-order valence-electron chi connectivity index (χ4n) is 3.42. The molecule has 0 saturated carbocycles. The second-order valence-corrected chi connectivity index (χ2v) is 6.59. The summed E-state index contributed by atoms with van der Waals surface area (Å²) >= 11 is 0. The summed E-state index contributed by atoms with van der Waals surface area (Å²) in [6.45, 7) is 2.97. The van der Waals surface area contributed by atoms with E-state index in [-0.39, 0.29) is 24.0 Å². The predicted molar refractivity (Wildman–Crippen MR) is 96.1 cm³/mol. The van der Waals surface area contributed by atoms with Crippen molar-refractivity contribution in [1.82, 2.24) is 25.2 Å². The SMILES string of the molecule is CCn1cc(CNc2cccc3c2C(=O)N(C2CCC(=O)NC2=O)C3=O)nn1. The van der Waals surface area contributed by atoms with Crippen molar-refractivity contribution in [1.29, 1.82) is 0 Å². The highest BCUT2D eigenvalue weighted by Gasteiger charge is 2.45. The van der Waals surface area contributed by atoms with Crippen LogP contribution in [0.25, 0.3) is 0 Å². The normalized spacial score (nSPS) is 19.0. The average molecular weight is 382 g/mol. The summed E-state index contributed by atoms with van der Waals surface area (Å²) in [5.41, 5.74) is 1.63. The van der Waals surface area contributed by atoms with Gasteiger partial charge in [-0.15, -0.1) is 5.10 Å². The highest BCUT2D eigenvalue weighted by Crippen LogP contribution is 2.32. The van der Waals surface area contributed by atoms with E-state index in [1.54, 1.807) is 29.1 Å². The lowest BCUT2D eigenvalue weighted by molar-refractivity contribution is -0.136. The minimum absolute atomic E-state index is 0.0853. The van der Waals surface area contributed by atoms with Crippen molar-refractivity contribution in [2.24, 2.45) is 0 Å². The fraction of sp³-hybridized carbons (Fsp3) is 0.333. The summed E-state index contributed by atoms with van der Waals surface area (Å²) in [5.74, 6) is -2.11. The van der Waals surface area contributed by atoms with Crippen LogP contribution in [0.15, 0.2) is 24.4 Å². The molecule has 10 nitrogen and oxygen atoms in total. The Balaban J connectivity index is 1.59. The Labute approximate surface area is 159 Å². The van der Waals surface area contributed by atoms with Gasteiger partial charge in [-0.2, -0.15) is 0 Å². The van der Waals surface area contributed by atoms with Gasteiger partial charge in [-0.05, 0) is 25.5 Å². The summed E-state index contributed by atoms with van der Waals surface area (Å²) in [6, 6.07) is 3.94. The van der Waals surface area contributed by atoms with E-state index in [9.17, 15) is 19.2 Å². The number of aromatic nitrogens is 3. The zero-order chi connectivity index (χ0) is 19.8. The number of carbonyl (C=O) groups is 4. The first-order valence-corrected chi connectivity index (χ1v) is 8.97. The van der Waals surface area contributed by atoms with Crippen molar-refractivity contribution in [3.8, 4) is 0 Å². The third-order valence-corrected chi connectivity index (χ3v) is 4.84. The molecule has 1 fully saturated rings. The maximum atomic E-state index is 13.0. The molecule has 3 heterocycles. The molecular weight excluding hydrogens is 364 g/mol. The fourth-order valence-corrected chi connectivity index (χ4v) is 3.42. The molecule has 144 valence electrons. The Morgan fingerprint density at radius 2 is 2.04 bits per heavy atom. The highest BCUT2D eigenvalue weighted by molar-refractivity contribution is 6.25. The molecule has 1 aromatic heterocycles. The van der Waals surface area contributed by atoms with Crippen LogP contribution < -0.4 is 10.6 Å². The minimum atomic E-state index is -0.984. The molecule has 1 unspecified atom stereocenters. The minimum Gasteiger partial charge on any atom is -0.379 e. The zero-order valence-corrected chi connectivity index (χ0v) is 15.1. The van der Waals surface area contributed by atoms with Gasteiger partial charge >= 0.3 is 0 Å². The molecule has 0 radical (unpaired) electrons. The highest BCUT2D eigenvalue weighted by atomic mass is 16.2. The van der Waals surface area contributed by atoms with Crippen LogP contribution in [0.1, 0.15) is 46.2 Å². The Bertz CT molecular complexity index is 998. The summed E-state index contributed by atoms with van der Waals surface area (Å²) in [4.78, 5) is 50.2. The molecule has 4 amide bonds. The van der Waals surface area contributed by atoms with E-state index < -0.39 is 29.7 Å². The second kappa shape index (κ2) is 6.87. The first-order valence-electron chi connectivity index (χ1n) is 8.97. The van der Waals surface area contributed by atoms with Gasteiger partial charge in [0.05, 0.1) is 23.9 Å². The third kappa shape index (κ3) is 2.92. The van der Waals surface area contributed by atoms with E-state index in [4.69, 9.17) is 0 Å². The van der Waals surface area contributed by atoms with Crippen molar-refractivity contribution < 1.29 is 19.2 Å². The van der Waals surface area contributed by atoms with E-state index in [0.29, 0.717) is 24.5 Å². The number of nitrogens with one attached hydrogen (secondary N) is 2. The van der Waals surface area contributed by atoms with Gasteiger partial charge in [-0.1, -0.05) is 11.3 Å². The topological polar surface area (TPSA) is 126 Å². The van der Waals surface area contributed by atoms with Crippen molar-refractivity contribution >= 4 is 29.3 Å². The van der Waals surface area contributed by atoms with Gasteiger partial charge in [0.1, 0.15) is 11.7 Å². The summed E-state index contributed by atoms with van der Waals surface area (Å²) in [5, 5.41) is 13.3. The number of amides is 4. The number of fused-ring (bicyclic) bond motifs is 1. The summed E-state index contributed by atoms with van der Waals surface area (Å²) in [6.07, 6.45) is 2.00. The first kappa shape index (κ1) is 17.8. The average Bonchev–Trinajstić information content (AvgIpc) is 3.24. The van der Waals surface area contributed by atoms with Crippen LogP contribution in [0.2, 0.25) is 0 Å².